The molecule has 0 unspecified atom stereocenters. The average Bonchev–Trinajstić information content (AvgIpc) is 3.35. The van der Waals surface area contributed by atoms with Crippen molar-refractivity contribution in [2.75, 3.05) is 27.3 Å². The molecule has 2 aromatic heterocycles. The third-order valence-electron chi connectivity index (χ3n) is 4.97. The Morgan fingerprint density at radius 3 is 2.65 bits per heavy atom. The third-order valence-corrected chi connectivity index (χ3v) is 6.05. The summed E-state index contributed by atoms with van der Waals surface area (Å²) in [6.07, 6.45) is 2.36. The van der Waals surface area contributed by atoms with E-state index in [2.05, 4.69) is 10.1 Å². The highest BCUT2D eigenvalue weighted by molar-refractivity contribution is 7.17. The lowest BCUT2D eigenvalue weighted by molar-refractivity contribution is -0.913. The number of hydrogen-bond donors (Lipinski definition) is 2. The molecule has 0 saturated carbocycles. The van der Waals surface area contributed by atoms with Gasteiger partial charge in [0.1, 0.15) is 22.2 Å². The Balaban J connectivity index is 1.90. The van der Waals surface area contributed by atoms with Crippen LogP contribution in [0.25, 0.3) is 4.96 Å². The molecule has 1 atom stereocenters. The van der Waals surface area contributed by atoms with E-state index in [0.29, 0.717) is 10.8 Å². The van der Waals surface area contributed by atoms with Crippen LogP contribution in [0.5, 0.6) is 17.4 Å². The summed E-state index contributed by atoms with van der Waals surface area (Å²) in [5.74, 6) is 2.39. The molecular formula is C18H23N4O3S+. The standard InChI is InChI=1S/C18H22N4O3S/c1-11-19-18-22(20-11)17(23)16(26-18)15(21-8-4-5-9-21)13-10-12(24-2)6-7-14(13)25-3/h6-7,10,15,23H,4-5,8-9H2,1-3H3/p+1/t15-/m1/s1. The molecule has 0 aliphatic carbocycles. The molecule has 0 bridgehead atoms. The van der Waals surface area contributed by atoms with E-state index in [1.54, 1.807) is 14.2 Å². The molecule has 8 heteroatoms. The summed E-state index contributed by atoms with van der Waals surface area (Å²) in [6, 6.07) is 5.78. The molecule has 138 valence electrons. The fraction of sp³-hybridized carbons (Fsp3) is 0.444. The van der Waals surface area contributed by atoms with Crippen LogP contribution in [0.15, 0.2) is 18.2 Å². The summed E-state index contributed by atoms with van der Waals surface area (Å²) in [7, 11) is 3.33. The van der Waals surface area contributed by atoms with Crippen LogP contribution in [0.3, 0.4) is 0 Å². The zero-order valence-electron chi connectivity index (χ0n) is 15.2. The number of hydrogen-bond acceptors (Lipinski definition) is 6. The molecule has 0 spiro atoms. The number of likely N-dealkylation sites (tertiary alicyclic amines) is 1. The molecule has 7 nitrogen and oxygen atoms in total. The van der Waals surface area contributed by atoms with Gasteiger partial charge in [-0.3, -0.25) is 0 Å². The molecule has 1 fully saturated rings. The Hall–Kier alpha value is -2.32. The number of nitrogens with one attached hydrogen (secondary N) is 1. The Kier molecular flexibility index (Phi) is 4.46. The summed E-state index contributed by atoms with van der Waals surface area (Å²) in [6.45, 7) is 3.93. The highest BCUT2D eigenvalue weighted by Crippen LogP contribution is 2.39. The molecule has 0 amide bonds. The summed E-state index contributed by atoms with van der Waals surface area (Å²) in [5.41, 5.74) is 1.01. The van der Waals surface area contributed by atoms with E-state index in [-0.39, 0.29) is 11.9 Å². The van der Waals surface area contributed by atoms with Gasteiger partial charge in [-0.25, -0.2) is 4.98 Å². The molecule has 2 N–H and O–H groups in total. The average molecular weight is 375 g/mol. The van der Waals surface area contributed by atoms with E-state index in [1.165, 1.54) is 33.6 Å². The van der Waals surface area contributed by atoms with Gasteiger partial charge in [-0.15, -0.1) is 5.10 Å². The monoisotopic (exact) mass is 375 g/mol. The van der Waals surface area contributed by atoms with Gasteiger partial charge in [0, 0.05) is 12.8 Å². The fourth-order valence-corrected chi connectivity index (χ4v) is 4.94. The second-order valence-corrected chi connectivity index (χ2v) is 7.56. The first-order valence-electron chi connectivity index (χ1n) is 8.74. The minimum Gasteiger partial charge on any atom is -0.497 e. The van der Waals surface area contributed by atoms with E-state index in [0.717, 1.165) is 35.0 Å². The number of aromatic hydroxyl groups is 1. The van der Waals surface area contributed by atoms with Gasteiger partial charge in [0.25, 0.3) is 0 Å². The van der Waals surface area contributed by atoms with Crippen LogP contribution in [-0.2, 0) is 0 Å². The molecule has 0 radical (unpaired) electrons. The van der Waals surface area contributed by atoms with E-state index in [4.69, 9.17) is 9.47 Å². The van der Waals surface area contributed by atoms with Crippen LogP contribution in [0, 0.1) is 6.92 Å². The lowest BCUT2D eigenvalue weighted by Crippen LogP contribution is -3.10. The number of nitrogens with zero attached hydrogens (tertiary/aromatic N) is 3. The van der Waals surface area contributed by atoms with Crippen LogP contribution in [0.2, 0.25) is 0 Å². The van der Waals surface area contributed by atoms with E-state index < -0.39 is 0 Å². The van der Waals surface area contributed by atoms with E-state index in [1.807, 2.05) is 25.1 Å². The first-order chi connectivity index (χ1) is 12.6. The van der Waals surface area contributed by atoms with Gasteiger partial charge in [0.2, 0.25) is 10.8 Å². The van der Waals surface area contributed by atoms with Crippen molar-refractivity contribution >= 4 is 16.3 Å². The van der Waals surface area contributed by atoms with Crippen LogP contribution < -0.4 is 14.4 Å². The molecule has 1 saturated heterocycles. The highest BCUT2D eigenvalue weighted by Gasteiger charge is 2.36. The van der Waals surface area contributed by atoms with Crippen LogP contribution in [-0.4, -0.2) is 47.0 Å². The minimum atomic E-state index is -0.0450. The van der Waals surface area contributed by atoms with Crippen molar-refractivity contribution in [2.45, 2.75) is 25.8 Å². The lowest BCUT2D eigenvalue weighted by Gasteiger charge is -2.25. The van der Waals surface area contributed by atoms with Gasteiger partial charge in [-0.05, 0) is 25.1 Å². The number of methoxy groups -OCH3 is 2. The number of aryl methyl sites for hydroxylation is 1. The maximum absolute atomic E-state index is 10.9. The first kappa shape index (κ1) is 17.1. The van der Waals surface area contributed by atoms with Gasteiger partial charge in [0.15, 0.2) is 6.04 Å². The van der Waals surface area contributed by atoms with Crippen LogP contribution in [0.1, 0.15) is 35.1 Å². The predicted octanol–water partition coefficient (Wildman–Crippen LogP) is 1.59. The molecule has 26 heavy (non-hydrogen) atoms. The number of ether oxygens (including phenoxy) is 2. The van der Waals surface area contributed by atoms with Gasteiger partial charge in [-0.2, -0.15) is 4.52 Å². The summed E-state index contributed by atoms with van der Waals surface area (Å²) in [4.78, 5) is 7.40. The normalized spacial score (nSPS) is 16.3. The van der Waals surface area contributed by atoms with Gasteiger partial charge >= 0.3 is 0 Å². The van der Waals surface area contributed by atoms with E-state index >= 15 is 0 Å². The van der Waals surface area contributed by atoms with Crippen molar-refractivity contribution in [3.05, 3.63) is 34.5 Å². The summed E-state index contributed by atoms with van der Waals surface area (Å²) in [5, 5.41) is 15.2. The number of thiazole rings is 1. The Morgan fingerprint density at radius 1 is 1.23 bits per heavy atom. The molecule has 4 rings (SSSR count). The largest absolute Gasteiger partial charge is 0.497 e. The fourth-order valence-electron chi connectivity index (χ4n) is 3.77. The molecular weight excluding hydrogens is 352 g/mol. The quantitative estimate of drug-likeness (QED) is 0.709. The second kappa shape index (κ2) is 6.77. The van der Waals surface area contributed by atoms with Crippen molar-refractivity contribution in [3.8, 4) is 17.4 Å². The smallest absolute Gasteiger partial charge is 0.235 e. The summed E-state index contributed by atoms with van der Waals surface area (Å²) < 4.78 is 12.6. The summed E-state index contributed by atoms with van der Waals surface area (Å²) >= 11 is 1.49. The van der Waals surface area contributed by atoms with Crippen LogP contribution >= 0.6 is 11.3 Å². The Morgan fingerprint density at radius 2 is 2.00 bits per heavy atom. The number of benzene rings is 1. The number of rotatable bonds is 5. The Bertz CT molecular complexity index is 930. The van der Waals surface area contributed by atoms with E-state index in [9.17, 15) is 5.11 Å². The maximum Gasteiger partial charge on any atom is 0.235 e. The molecule has 1 aliphatic heterocycles. The lowest BCUT2D eigenvalue weighted by atomic mass is 10.0. The van der Waals surface area contributed by atoms with Crippen molar-refractivity contribution in [2.24, 2.45) is 0 Å². The van der Waals surface area contributed by atoms with Crippen molar-refractivity contribution in [3.63, 3.8) is 0 Å². The third kappa shape index (κ3) is 2.79. The molecule has 1 aliphatic rings. The molecule has 1 aromatic carbocycles. The SMILES string of the molecule is COc1ccc(OC)c([C@H](c2sc3nc(C)nn3c2O)[NH+]2CCCC2)c1. The topological polar surface area (TPSA) is 73.3 Å². The zero-order valence-corrected chi connectivity index (χ0v) is 16.0. The second-order valence-electron chi connectivity index (χ2n) is 6.55. The first-order valence-corrected chi connectivity index (χ1v) is 9.55. The number of fused-ring (bicyclic) bond motifs is 1. The van der Waals surface area contributed by atoms with Gasteiger partial charge < -0.3 is 19.5 Å². The Labute approximate surface area is 155 Å². The van der Waals surface area contributed by atoms with Crippen molar-refractivity contribution < 1.29 is 19.5 Å². The predicted molar refractivity (Wildman–Crippen MR) is 98.6 cm³/mol. The molecule has 3 heterocycles. The molecule has 3 aromatic rings. The zero-order chi connectivity index (χ0) is 18.3. The minimum absolute atomic E-state index is 0.0450. The number of aromatic nitrogens is 3. The van der Waals surface area contributed by atoms with Gasteiger partial charge in [-0.1, -0.05) is 11.3 Å². The van der Waals surface area contributed by atoms with Crippen molar-refractivity contribution in [1.29, 1.82) is 0 Å². The van der Waals surface area contributed by atoms with Crippen LogP contribution in [0.4, 0.5) is 0 Å². The highest BCUT2D eigenvalue weighted by atomic mass is 32.1. The van der Waals surface area contributed by atoms with Gasteiger partial charge in [0.05, 0.1) is 32.9 Å². The number of quaternary nitrogens is 1. The maximum atomic E-state index is 10.9. The van der Waals surface area contributed by atoms with Crippen molar-refractivity contribution in [1.82, 2.24) is 14.6 Å².